The van der Waals surface area contributed by atoms with Gasteiger partial charge in [0.1, 0.15) is 0 Å². The van der Waals surface area contributed by atoms with E-state index in [1.54, 1.807) is 0 Å². The smallest absolute Gasteiger partial charge is 0.330 e. The number of nitrogens with two attached hydrogens (primary N) is 1. The zero-order valence-corrected chi connectivity index (χ0v) is 7.48. The lowest BCUT2D eigenvalue weighted by molar-refractivity contribution is -0.170. The van der Waals surface area contributed by atoms with Gasteiger partial charge in [0, 0.05) is 6.54 Å². The third-order valence-corrected chi connectivity index (χ3v) is 2.41. The summed E-state index contributed by atoms with van der Waals surface area (Å²) >= 11 is 0. The van der Waals surface area contributed by atoms with E-state index >= 15 is 0 Å². The van der Waals surface area contributed by atoms with Crippen LogP contribution in [0.5, 0.6) is 0 Å². The average Bonchev–Trinajstić information content (AvgIpc) is 2.47. The van der Waals surface area contributed by atoms with Crippen LogP contribution in [0.4, 0.5) is 13.2 Å². The Bertz CT molecular complexity index is 158. The highest BCUT2D eigenvalue weighted by Gasteiger charge is 2.43. The second kappa shape index (κ2) is 4.28. The first-order valence-electron chi connectivity index (χ1n) is 4.53. The van der Waals surface area contributed by atoms with E-state index in [4.69, 9.17) is 5.73 Å². The molecular formula is C8H15F3N2. The van der Waals surface area contributed by atoms with Crippen LogP contribution < -0.4 is 5.73 Å². The number of rotatable bonds is 3. The Hall–Kier alpha value is -0.290. The van der Waals surface area contributed by atoms with E-state index in [9.17, 15) is 13.2 Å². The number of hydrogen-bond donors (Lipinski definition) is 1. The summed E-state index contributed by atoms with van der Waals surface area (Å²) in [4.78, 5) is 1.84. The predicted octanol–water partition coefficient (Wildman–Crippen LogP) is 1.22. The van der Waals surface area contributed by atoms with Gasteiger partial charge in [-0.25, -0.2) is 0 Å². The number of likely N-dealkylation sites (tertiary alicyclic amines) is 1. The number of halogens is 3. The van der Waals surface area contributed by atoms with E-state index in [1.807, 2.05) is 4.90 Å². The van der Waals surface area contributed by atoms with Crippen LogP contribution in [0.25, 0.3) is 0 Å². The van der Waals surface area contributed by atoms with Crippen molar-refractivity contribution < 1.29 is 13.2 Å². The van der Waals surface area contributed by atoms with E-state index < -0.39 is 12.1 Å². The molecule has 13 heavy (non-hydrogen) atoms. The first-order chi connectivity index (χ1) is 6.04. The molecule has 0 spiro atoms. The normalized spacial score (nSPS) is 25.4. The third-order valence-electron chi connectivity index (χ3n) is 2.41. The maximum absolute atomic E-state index is 12.2. The Morgan fingerprint density at radius 3 is 2.54 bits per heavy atom. The molecule has 1 saturated heterocycles. The van der Waals surface area contributed by atoms with Gasteiger partial charge >= 0.3 is 6.18 Å². The lowest BCUT2D eigenvalue weighted by Gasteiger charge is -2.16. The van der Waals surface area contributed by atoms with Crippen LogP contribution in [0.1, 0.15) is 12.8 Å². The fraction of sp³-hybridized carbons (Fsp3) is 1.00. The average molecular weight is 196 g/mol. The molecule has 2 N–H and O–H groups in total. The van der Waals surface area contributed by atoms with Crippen molar-refractivity contribution in [3.63, 3.8) is 0 Å². The quantitative estimate of drug-likeness (QED) is 0.735. The Labute approximate surface area is 75.9 Å². The Morgan fingerprint density at radius 1 is 1.38 bits per heavy atom. The van der Waals surface area contributed by atoms with Crippen molar-refractivity contribution in [1.82, 2.24) is 4.90 Å². The molecule has 5 heteroatoms. The number of hydrogen-bond acceptors (Lipinski definition) is 2. The van der Waals surface area contributed by atoms with E-state index in [1.165, 1.54) is 0 Å². The van der Waals surface area contributed by atoms with Gasteiger partial charge in [-0.1, -0.05) is 0 Å². The standard InChI is InChI=1S/C8H15F3N2/c9-8(10,11)7-2-5-13(6-7)4-1-3-12/h7H,1-6,12H2. The molecule has 0 aliphatic carbocycles. The van der Waals surface area contributed by atoms with Crippen LogP contribution in [0.2, 0.25) is 0 Å². The Morgan fingerprint density at radius 2 is 2.08 bits per heavy atom. The highest BCUT2D eigenvalue weighted by molar-refractivity contribution is 4.80. The van der Waals surface area contributed by atoms with Crippen molar-refractivity contribution in [1.29, 1.82) is 0 Å². The SMILES string of the molecule is NCCCN1CCC(C(F)(F)F)C1. The van der Waals surface area contributed by atoms with Crippen LogP contribution in [-0.2, 0) is 0 Å². The molecule has 0 radical (unpaired) electrons. The fourth-order valence-electron chi connectivity index (χ4n) is 1.62. The molecule has 1 rings (SSSR count). The largest absolute Gasteiger partial charge is 0.393 e. The number of alkyl halides is 3. The van der Waals surface area contributed by atoms with Crippen LogP contribution in [0.15, 0.2) is 0 Å². The third kappa shape index (κ3) is 3.15. The van der Waals surface area contributed by atoms with Gasteiger partial charge in [0.05, 0.1) is 5.92 Å². The lowest BCUT2D eigenvalue weighted by Crippen LogP contribution is -2.28. The van der Waals surface area contributed by atoms with Crippen molar-refractivity contribution >= 4 is 0 Å². The number of nitrogens with zero attached hydrogens (tertiary/aromatic N) is 1. The molecule has 1 aliphatic heterocycles. The molecule has 1 unspecified atom stereocenters. The van der Waals surface area contributed by atoms with Gasteiger partial charge in [-0.05, 0) is 32.5 Å². The molecule has 1 atom stereocenters. The molecule has 2 nitrogen and oxygen atoms in total. The van der Waals surface area contributed by atoms with Gasteiger partial charge in [-0.15, -0.1) is 0 Å². The fourth-order valence-corrected chi connectivity index (χ4v) is 1.62. The monoisotopic (exact) mass is 196 g/mol. The predicted molar refractivity (Wildman–Crippen MR) is 44.3 cm³/mol. The molecule has 1 fully saturated rings. The summed E-state index contributed by atoms with van der Waals surface area (Å²) in [6, 6.07) is 0. The van der Waals surface area contributed by atoms with Crippen molar-refractivity contribution in [3.8, 4) is 0 Å². The summed E-state index contributed by atoms with van der Waals surface area (Å²) in [7, 11) is 0. The minimum Gasteiger partial charge on any atom is -0.330 e. The van der Waals surface area contributed by atoms with Gasteiger partial charge in [-0.3, -0.25) is 0 Å². The summed E-state index contributed by atoms with van der Waals surface area (Å²) in [6.45, 7) is 1.96. The van der Waals surface area contributed by atoms with Gasteiger partial charge < -0.3 is 10.6 Å². The van der Waals surface area contributed by atoms with Crippen molar-refractivity contribution in [2.45, 2.75) is 19.0 Å². The van der Waals surface area contributed by atoms with Crippen LogP contribution in [0, 0.1) is 5.92 Å². The molecule has 0 amide bonds. The molecular weight excluding hydrogens is 181 g/mol. The molecule has 1 heterocycles. The van der Waals surface area contributed by atoms with Gasteiger partial charge in [-0.2, -0.15) is 13.2 Å². The van der Waals surface area contributed by atoms with Crippen molar-refractivity contribution in [2.24, 2.45) is 11.7 Å². The topological polar surface area (TPSA) is 29.3 Å². The highest BCUT2D eigenvalue weighted by Crippen LogP contribution is 2.33. The summed E-state index contributed by atoms with van der Waals surface area (Å²) < 4.78 is 36.6. The summed E-state index contributed by atoms with van der Waals surface area (Å²) in [5.41, 5.74) is 5.28. The van der Waals surface area contributed by atoms with Crippen molar-refractivity contribution in [3.05, 3.63) is 0 Å². The zero-order chi connectivity index (χ0) is 9.90. The van der Waals surface area contributed by atoms with E-state index in [0.29, 0.717) is 19.6 Å². The van der Waals surface area contributed by atoms with E-state index in [2.05, 4.69) is 0 Å². The van der Waals surface area contributed by atoms with Gasteiger partial charge in [0.15, 0.2) is 0 Å². The van der Waals surface area contributed by atoms with Gasteiger partial charge in [0.25, 0.3) is 0 Å². The molecule has 0 saturated carbocycles. The molecule has 78 valence electrons. The first-order valence-corrected chi connectivity index (χ1v) is 4.53. The minimum atomic E-state index is -4.02. The molecule has 0 aromatic rings. The molecule has 0 aromatic heterocycles. The summed E-state index contributed by atoms with van der Waals surface area (Å²) in [6.07, 6.45) is -2.99. The van der Waals surface area contributed by atoms with Crippen LogP contribution >= 0.6 is 0 Å². The summed E-state index contributed by atoms with van der Waals surface area (Å²) in [5, 5.41) is 0. The lowest BCUT2D eigenvalue weighted by atomic mass is 10.1. The summed E-state index contributed by atoms with van der Waals surface area (Å²) in [5.74, 6) is -1.12. The maximum atomic E-state index is 12.2. The second-order valence-corrected chi connectivity index (χ2v) is 3.47. The second-order valence-electron chi connectivity index (χ2n) is 3.47. The van der Waals surface area contributed by atoms with E-state index in [-0.39, 0.29) is 13.0 Å². The zero-order valence-electron chi connectivity index (χ0n) is 7.48. The Balaban J connectivity index is 2.28. The van der Waals surface area contributed by atoms with E-state index in [0.717, 1.165) is 6.42 Å². The molecule has 0 bridgehead atoms. The van der Waals surface area contributed by atoms with Crippen molar-refractivity contribution in [2.75, 3.05) is 26.2 Å². The van der Waals surface area contributed by atoms with Crippen LogP contribution in [-0.4, -0.2) is 37.3 Å². The minimum absolute atomic E-state index is 0.156. The maximum Gasteiger partial charge on any atom is 0.393 e. The Kier molecular flexibility index (Phi) is 3.55. The first kappa shape index (κ1) is 10.8. The molecule has 0 aromatic carbocycles. The molecule has 1 aliphatic rings. The van der Waals surface area contributed by atoms with Gasteiger partial charge in [0.2, 0.25) is 0 Å². The van der Waals surface area contributed by atoms with Crippen LogP contribution in [0.3, 0.4) is 0 Å². The highest BCUT2D eigenvalue weighted by atomic mass is 19.4.